The Hall–Kier alpha value is -2.55. The van der Waals surface area contributed by atoms with Crippen LogP contribution >= 0.6 is 12.2 Å². The molecule has 1 rings (SSSR count). The smallest absolute Gasteiger partial charge is 0.303 e. The summed E-state index contributed by atoms with van der Waals surface area (Å²) in [7, 11) is 0. The molecule has 9 heteroatoms. The van der Waals surface area contributed by atoms with Gasteiger partial charge in [0.25, 0.3) is 5.69 Å². The van der Waals surface area contributed by atoms with E-state index in [1.165, 1.54) is 18.3 Å². The van der Waals surface area contributed by atoms with Crippen LogP contribution in [0.25, 0.3) is 0 Å². The van der Waals surface area contributed by atoms with Gasteiger partial charge in [-0.3, -0.25) is 20.3 Å². The second-order valence-corrected chi connectivity index (χ2v) is 4.38. The molecule has 3 N–H and O–H groups in total. The molecule has 0 aromatic heterocycles. The SMILES string of the molecule is O=C(O)CCCNC(=S)N/N=C/c1cccc([N+](=O)[O-])c1. The van der Waals surface area contributed by atoms with Crippen LogP contribution in [0.5, 0.6) is 0 Å². The Morgan fingerprint density at radius 1 is 1.52 bits per heavy atom. The topological polar surface area (TPSA) is 117 Å². The molecular weight excluding hydrogens is 296 g/mol. The number of nitro groups is 1. The van der Waals surface area contributed by atoms with E-state index >= 15 is 0 Å². The van der Waals surface area contributed by atoms with Crippen LogP contribution in [0.15, 0.2) is 29.4 Å². The Labute approximate surface area is 126 Å². The van der Waals surface area contributed by atoms with E-state index in [0.717, 1.165) is 0 Å². The van der Waals surface area contributed by atoms with Crippen molar-refractivity contribution in [3.8, 4) is 0 Å². The Morgan fingerprint density at radius 2 is 2.29 bits per heavy atom. The Kier molecular flexibility index (Phi) is 6.75. The number of hydrogen-bond donors (Lipinski definition) is 3. The third kappa shape index (κ3) is 6.97. The van der Waals surface area contributed by atoms with E-state index in [-0.39, 0.29) is 17.2 Å². The van der Waals surface area contributed by atoms with Crippen LogP contribution in [0.3, 0.4) is 0 Å². The number of hydrogen-bond acceptors (Lipinski definition) is 5. The summed E-state index contributed by atoms with van der Waals surface area (Å²) in [5, 5.41) is 25.9. The number of benzene rings is 1. The van der Waals surface area contributed by atoms with Gasteiger partial charge in [0.05, 0.1) is 11.1 Å². The highest BCUT2D eigenvalue weighted by molar-refractivity contribution is 7.80. The van der Waals surface area contributed by atoms with E-state index in [2.05, 4.69) is 15.8 Å². The first kappa shape index (κ1) is 16.5. The zero-order chi connectivity index (χ0) is 15.7. The number of nitrogens with zero attached hydrogens (tertiary/aromatic N) is 2. The first-order chi connectivity index (χ1) is 9.99. The number of non-ortho nitro benzene ring substituents is 1. The third-order valence-electron chi connectivity index (χ3n) is 2.31. The van der Waals surface area contributed by atoms with Gasteiger partial charge in [0.15, 0.2) is 5.11 Å². The van der Waals surface area contributed by atoms with Crippen molar-refractivity contribution in [3.63, 3.8) is 0 Å². The molecule has 0 aliphatic rings. The number of nitro benzene ring substituents is 1. The van der Waals surface area contributed by atoms with Crippen LogP contribution in [-0.4, -0.2) is 33.9 Å². The highest BCUT2D eigenvalue weighted by Gasteiger charge is 2.03. The lowest BCUT2D eigenvalue weighted by atomic mass is 10.2. The summed E-state index contributed by atoms with van der Waals surface area (Å²) >= 11 is 4.92. The minimum atomic E-state index is -0.862. The molecule has 8 nitrogen and oxygen atoms in total. The van der Waals surface area contributed by atoms with Gasteiger partial charge in [0, 0.05) is 30.7 Å². The largest absolute Gasteiger partial charge is 0.481 e. The molecule has 0 amide bonds. The summed E-state index contributed by atoms with van der Waals surface area (Å²) < 4.78 is 0. The number of hydrazone groups is 1. The standard InChI is InChI=1S/C12H14N4O4S/c17-11(18)5-2-6-13-12(21)15-14-8-9-3-1-4-10(7-9)16(19)20/h1,3-4,7-8H,2,5-6H2,(H,17,18)(H2,13,15,21)/b14-8+. The molecule has 0 atom stereocenters. The molecular formula is C12H14N4O4S. The monoisotopic (exact) mass is 310 g/mol. The summed E-state index contributed by atoms with van der Waals surface area (Å²) in [4.78, 5) is 20.4. The van der Waals surface area contributed by atoms with Gasteiger partial charge >= 0.3 is 5.97 Å². The van der Waals surface area contributed by atoms with Gasteiger partial charge in [-0.2, -0.15) is 5.10 Å². The molecule has 0 unspecified atom stereocenters. The first-order valence-electron chi connectivity index (χ1n) is 6.02. The van der Waals surface area contributed by atoms with Gasteiger partial charge in [-0.15, -0.1) is 0 Å². The molecule has 1 aromatic rings. The van der Waals surface area contributed by atoms with Gasteiger partial charge in [-0.25, -0.2) is 0 Å². The molecule has 0 saturated heterocycles. The maximum atomic E-state index is 10.6. The highest BCUT2D eigenvalue weighted by Crippen LogP contribution is 2.11. The maximum Gasteiger partial charge on any atom is 0.303 e. The van der Waals surface area contributed by atoms with Crippen molar-refractivity contribution in [2.24, 2.45) is 5.10 Å². The molecule has 0 fully saturated rings. The molecule has 0 aliphatic heterocycles. The highest BCUT2D eigenvalue weighted by atomic mass is 32.1. The van der Waals surface area contributed by atoms with Gasteiger partial charge in [-0.1, -0.05) is 12.1 Å². The van der Waals surface area contributed by atoms with Crippen molar-refractivity contribution < 1.29 is 14.8 Å². The molecule has 21 heavy (non-hydrogen) atoms. The predicted octanol–water partition coefficient (Wildman–Crippen LogP) is 1.26. The molecule has 0 radical (unpaired) electrons. The second kappa shape index (κ2) is 8.59. The minimum absolute atomic E-state index is 0.0201. The minimum Gasteiger partial charge on any atom is -0.481 e. The van der Waals surface area contributed by atoms with E-state index in [1.807, 2.05) is 0 Å². The quantitative estimate of drug-likeness (QED) is 0.228. The number of rotatable bonds is 7. The van der Waals surface area contributed by atoms with Crippen molar-refractivity contribution >= 4 is 35.2 Å². The van der Waals surface area contributed by atoms with Crippen molar-refractivity contribution in [2.75, 3.05) is 6.54 Å². The van der Waals surface area contributed by atoms with Gasteiger partial charge in [-0.05, 0) is 18.6 Å². The Balaban J connectivity index is 2.37. The van der Waals surface area contributed by atoms with Crippen molar-refractivity contribution in [1.82, 2.24) is 10.7 Å². The summed E-state index contributed by atoms with van der Waals surface area (Å²) in [6.45, 7) is 0.421. The average molecular weight is 310 g/mol. The number of thiocarbonyl (C=S) groups is 1. The lowest BCUT2D eigenvalue weighted by Crippen LogP contribution is -2.32. The van der Waals surface area contributed by atoms with Crippen LogP contribution in [0.2, 0.25) is 0 Å². The van der Waals surface area contributed by atoms with Crippen LogP contribution in [0, 0.1) is 10.1 Å². The fourth-order valence-electron chi connectivity index (χ4n) is 1.37. The number of aliphatic carboxylic acids is 1. The molecule has 0 spiro atoms. The average Bonchev–Trinajstić information content (AvgIpc) is 2.44. The van der Waals surface area contributed by atoms with Crippen LogP contribution in [0.4, 0.5) is 5.69 Å². The van der Waals surface area contributed by atoms with Crippen LogP contribution in [0.1, 0.15) is 18.4 Å². The summed E-state index contributed by atoms with van der Waals surface area (Å²) in [5.74, 6) is -0.862. The lowest BCUT2D eigenvalue weighted by Gasteiger charge is -2.05. The number of carbonyl (C=O) groups is 1. The lowest BCUT2D eigenvalue weighted by molar-refractivity contribution is -0.384. The maximum absolute atomic E-state index is 10.6. The normalized spacial score (nSPS) is 10.3. The van der Waals surface area contributed by atoms with Gasteiger partial charge in [0.1, 0.15) is 0 Å². The number of nitrogens with one attached hydrogen (secondary N) is 2. The Bertz CT molecular complexity index is 562. The zero-order valence-electron chi connectivity index (χ0n) is 11.0. The second-order valence-electron chi connectivity index (χ2n) is 3.98. The fourth-order valence-corrected chi connectivity index (χ4v) is 1.52. The van der Waals surface area contributed by atoms with E-state index < -0.39 is 10.9 Å². The number of carboxylic acid groups (broad SMARTS) is 1. The van der Waals surface area contributed by atoms with Crippen molar-refractivity contribution in [2.45, 2.75) is 12.8 Å². The predicted molar refractivity (Wildman–Crippen MR) is 81.3 cm³/mol. The van der Waals surface area contributed by atoms with Crippen LogP contribution in [-0.2, 0) is 4.79 Å². The summed E-state index contributed by atoms with van der Waals surface area (Å²) in [5.41, 5.74) is 3.08. The third-order valence-corrected chi connectivity index (χ3v) is 2.55. The summed E-state index contributed by atoms with van der Waals surface area (Å²) in [6, 6.07) is 6.00. The molecule has 1 aromatic carbocycles. The summed E-state index contributed by atoms with van der Waals surface area (Å²) in [6.07, 6.45) is 1.91. The van der Waals surface area contributed by atoms with E-state index in [9.17, 15) is 14.9 Å². The van der Waals surface area contributed by atoms with E-state index in [4.69, 9.17) is 17.3 Å². The molecule has 112 valence electrons. The van der Waals surface area contributed by atoms with Gasteiger partial charge in [0.2, 0.25) is 0 Å². The zero-order valence-corrected chi connectivity index (χ0v) is 11.8. The Morgan fingerprint density at radius 3 is 2.95 bits per heavy atom. The molecule has 0 saturated carbocycles. The van der Waals surface area contributed by atoms with Crippen molar-refractivity contribution in [3.05, 3.63) is 39.9 Å². The fraction of sp³-hybridized carbons (Fsp3) is 0.250. The van der Waals surface area contributed by atoms with E-state index in [1.54, 1.807) is 12.1 Å². The first-order valence-corrected chi connectivity index (χ1v) is 6.43. The molecule has 0 aliphatic carbocycles. The number of carboxylic acids is 1. The van der Waals surface area contributed by atoms with Gasteiger partial charge < -0.3 is 10.4 Å². The van der Waals surface area contributed by atoms with Crippen molar-refractivity contribution in [1.29, 1.82) is 0 Å². The molecule has 0 heterocycles. The van der Waals surface area contributed by atoms with Crippen LogP contribution < -0.4 is 10.7 Å². The van der Waals surface area contributed by atoms with E-state index in [0.29, 0.717) is 18.5 Å². The molecule has 0 bridgehead atoms.